The molecule has 3 rings (SSSR count). The van der Waals surface area contributed by atoms with Crippen molar-refractivity contribution in [2.24, 2.45) is 5.92 Å². The van der Waals surface area contributed by atoms with Crippen LogP contribution >= 0.6 is 23.8 Å². The number of ether oxygens (including phenoxy) is 1. The molecule has 1 heterocycles. The van der Waals surface area contributed by atoms with Crippen molar-refractivity contribution in [2.75, 3.05) is 43.0 Å². The molecule has 1 fully saturated rings. The zero-order chi connectivity index (χ0) is 24.7. The molecule has 1 aliphatic heterocycles. The van der Waals surface area contributed by atoms with Crippen LogP contribution in [0.4, 0.5) is 11.4 Å². The molecule has 0 saturated carbocycles. The average molecular weight is 503 g/mol. The quantitative estimate of drug-likeness (QED) is 0.541. The van der Waals surface area contributed by atoms with Gasteiger partial charge in [-0.1, -0.05) is 32.4 Å². The molecule has 2 N–H and O–H groups in total. The minimum Gasteiger partial charge on any atom is -0.493 e. The van der Waals surface area contributed by atoms with Crippen molar-refractivity contribution in [2.45, 2.75) is 27.2 Å². The van der Waals surface area contributed by atoms with Crippen LogP contribution in [-0.2, 0) is 4.79 Å². The second-order valence-electron chi connectivity index (χ2n) is 8.53. The molecule has 9 heteroatoms. The van der Waals surface area contributed by atoms with Crippen LogP contribution in [0.5, 0.6) is 5.75 Å². The third-order valence-electron chi connectivity index (χ3n) is 5.41. The molecule has 182 valence electrons. The molecule has 2 aromatic carbocycles. The number of anilines is 2. The van der Waals surface area contributed by atoms with Gasteiger partial charge in [0.15, 0.2) is 5.11 Å². The highest BCUT2D eigenvalue weighted by Crippen LogP contribution is 2.29. The van der Waals surface area contributed by atoms with E-state index < -0.39 is 0 Å². The van der Waals surface area contributed by atoms with Gasteiger partial charge in [0.2, 0.25) is 5.91 Å². The van der Waals surface area contributed by atoms with E-state index in [1.807, 2.05) is 24.0 Å². The van der Waals surface area contributed by atoms with E-state index in [2.05, 4.69) is 29.4 Å². The van der Waals surface area contributed by atoms with E-state index in [-0.39, 0.29) is 16.9 Å². The Morgan fingerprint density at radius 2 is 1.76 bits per heavy atom. The number of thiocarbonyl (C=S) groups is 1. The van der Waals surface area contributed by atoms with Crippen LogP contribution in [0.2, 0.25) is 5.02 Å². The topological polar surface area (TPSA) is 73.9 Å². The largest absolute Gasteiger partial charge is 0.493 e. The first-order valence-corrected chi connectivity index (χ1v) is 12.2. The Balaban J connectivity index is 1.52. The predicted octanol–water partition coefficient (Wildman–Crippen LogP) is 4.56. The van der Waals surface area contributed by atoms with Crippen LogP contribution in [0.1, 0.15) is 37.6 Å². The number of hydrogen-bond acceptors (Lipinski definition) is 5. The van der Waals surface area contributed by atoms with E-state index in [9.17, 15) is 9.59 Å². The molecule has 0 atom stereocenters. The number of halogens is 1. The van der Waals surface area contributed by atoms with Gasteiger partial charge in [-0.2, -0.15) is 0 Å². The summed E-state index contributed by atoms with van der Waals surface area (Å²) in [6, 6.07) is 12.5. The van der Waals surface area contributed by atoms with E-state index in [4.69, 9.17) is 28.6 Å². The van der Waals surface area contributed by atoms with Gasteiger partial charge in [0.1, 0.15) is 5.75 Å². The van der Waals surface area contributed by atoms with Crippen LogP contribution < -0.4 is 20.3 Å². The lowest BCUT2D eigenvalue weighted by Gasteiger charge is -2.36. The highest BCUT2D eigenvalue weighted by molar-refractivity contribution is 7.80. The van der Waals surface area contributed by atoms with E-state index >= 15 is 0 Å². The highest BCUT2D eigenvalue weighted by Gasteiger charge is 2.21. The fourth-order valence-electron chi connectivity index (χ4n) is 3.56. The number of nitrogens with zero attached hydrogens (tertiary/aromatic N) is 2. The van der Waals surface area contributed by atoms with E-state index in [0.29, 0.717) is 48.3 Å². The summed E-state index contributed by atoms with van der Waals surface area (Å²) < 4.78 is 5.64. The molecule has 0 bridgehead atoms. The standard InChI is InChI=1S/C25H31ClN4O3S/c1-4-23(31)30-13-11-29(12-14-30)22-10-7-19(15-21(22)26)27-25(34)28-24(32)18-5-8-20(9-6-18)33-16-17(2)3/h5-10,15,17H,4,11-14,16H2,1-3H3,(H2,27,28,32,34). The summed E-state index contributed by atoms with van der Waals surface area (Å²) in [5.74, 6) is 1.01. The molecule has 0 aromatic heterocycles. The molecule has 1 saturated heterocycles. The summed E-state index contributed by atoms with van der Waals surface area (Å²) in [4.78, 5) is 28.4. The monoisotopic (exact) mass is 502 g/mol. The molecule has 2 amide bonds. The van der Waals surface area contributed by atoms with Gasteiger partial charge in [-0.3, -0.25) is 14.9 Å². The summed E-state index contributed by atoms with van der Waals surface area (Å²) in [5.41, 5.74) is 2.07. The van der Waals surface area contributed by atoms with Gasteiger partial charge in [-0.25, -0.2) is 0 Å². The van der Waals surface area contributed by atoms with Crippen molar-refractivity contribution in [1.29, 1.82) is 0 Å². The van der Waals surface area contributed by atoms with Crippen LogP contribution in [-0.4, -0.2) is 54.6 Å². The van der Waals surface area contributed by atoms with Crippen LogP contribution in [0.15, 0.2) is 42.5 Å². The van der Waals surface area contributed by atoms with E-state index in [1.165, 1.54) is 0 Å². The molecule has 0 spiro atoms. The number of carbonyl (C=O) groups is 2. The Labute approximate surface area is 211 Å². The SMILES string of the molecule is CCC(=O)N1CCN(c2ccc(NC(=S)NC(=O)c3ccc(OCC(C)C)cc3)cc2Cl)CC1. The van der Waals surface area contributed by atoms with Crippen molar-refractivity contribution in [3.63, 3.8) is 0 Å². The number of piperazine rings is 1. The van der Waals surface area contributed by atoms with Crippen molar-refractivity contribution in [1.82, 2.24) is 10.2 Å². The van der Waals surface area contributed by atoms with E-state index in [1.54, 1.807) is 30.3 Å². The molecule has 0 aliphatic carbocycles. The molecule has 7 nitrogen and oxygen atoms in total. The van der Waals surface area contributed by atoms with Gasteiger partial charge < -0.3 is 19.9 Å². The Bertz CT molecular complexity index is 1020. The van der Waals surface area contributed by atoms with Gasteiger partial charge in [0, 0.05) is 43.9 Å². The fraction of sp³-hybridized carbons (Fsp3) is 0.400. The maximum absolute atomic E-state index is 12.5. The molecule has 0 unspecified atom stereocenters. The maximum Gasteiger partial charge on any atom is 0.257 e. The van der Waals surface area contributed by atoms with Crippen molar-refractivity contribution in [3.05, 3.63) is 53.1 Å². The Hall–Kier alpha value is -2.84. The lowest BCUT2D eigenvalue weighted by Crippen LogP contribution is -2.48. The first kappa shape index (κ1) is 25.8. The number of carbonyl (C=O) groups excluding carboxylic acids is 2. The summed E-state index contributed by atoms with van der Waals surface area (Å²) in [6.45, 7) is 9.48. The second-order valence-corrected chi connectivity index (χ2v) is 9.34. The molecule has 1 aliphatic rings. The molecular weight excluding hydrogens is 472 g/mol. The number of nitrogens with one attached hydrogen (secondary N) is 2. The average Bonchev–Trinajstić information content (AvgIpc) is 2.82. The third-order valence-corrected chi connectivity index (χ3v) is 5.91. The number of amides is 2. The molecule has 34 heavy (non-hydrogen) atoms. The van der Waals surface area contributed by atoms with Crippen molar-refractivity contribution >= 4 is 52.1 Å². The lowest BCUT2D eigenvalue weighted by molar-refractivity contribution is -0.131. The Kier molecular flexibility index (Phi) is 9.12. The highest BCUT2D eigenvalue weighted by atomic mass is 35.5. The number of rotatable bonds is 7. The lowest BCUT2D eigenvalue weighted by atomic mass is 10.2. The summed E-state index contributed by atoms with van der Waals surface area (Å²) in [6.07, 6.45) is 0.523. The molecule has 2 aromatic rings. The Morgan fingerprint density at radius 3 is 2.35 bits per heavy atom. The summed E-state index contributed by atoms with van der Waals surface area (Å²) in [7, 11) is 0. The van der Waals surface area contributed by atoms with Crippen molar-refractivity contribution in [3.8, 4) is 5.75 Å². The number of benzene rings is 2. The van der Waals surface area contributed by atoms with Gasteiger partial charge in [0.05, 0.1) is 17.3 Å². The van der Waals surface area contributed by atoms with Crippen molar-refractivity contribution < 1.29 is 14.3 Å². The second kappa shape index (κ2) is 12.0. The normalized spacial score (nSPS) is 13.6. The maximum atomic E-state index is 12.5. The van der Waals surface area contributed by atoms with Gasteiger partial charge in [-0.05, 0) is 60.6 Å². The van der Waals surface area contributed by atoms with Crippen LogP contribution in [0.3, 0.4) is 0 Å². The van der Waals surface area contributed by atoms with Crippen LogP contribution in [0.25, 0.3) is 0 Å². The molecule has 0 radical (unpaired) electrons. The Morgan fingerprint density at radius 1 is 1.09 bits per heavy atom. The van der Waals surface area contributed by atoms with E-state index in [0.717, 1.165) is 24.5 Å². The first-order valence-electron chi connectivity index (χ1n) is 11.4. The smallest absolute Gasteiger partial charge is 0.257 e. The van der Waals surface area contributed by atoms with Gasteiger partial charge in [-0.15, -0.1) is 0 Å². The summed E-state index contributed by atoms with van der Waals surface area (Å²) in [5, 5.41) is 6.45. The van der Waals surface area contributed by atoms with Gasteiger partial charge >= 0.3 is 0 Å². The minimum absolute atomic E-state index is 0.177. The third kappa shape index (κ3) is 7.08. The van der Waals surface area contributed by atoms with Gasteiger partial charge in [0.25, 0.3) is 5.91 Å². The first-order chi connectivity index (χ1) is 16.3. The fourth-order valence-corrected chi connectivity index (χ4v) is 4.08. The summed E-state index contributed by atoms with van der Waals surface area (Å²) >= 11 is 11.8. The zero-order valence-corrected chi connectivity index (χ0v) is 21.3. The number of hydrogen-bond donors (Lipinski definition) is 2. The minimum atomic E-state index is -0.310. The molecular formula is C25H31ClN4O3S. The predicted molar refractivity (Wildman–Crippen MR) is 141 cm³/mol. The zero-order valence-electron chi connectivity index (χ0n) is 19.8. The van der Waals surface area contributed by atoms with Crippen LogP contribution in [0, 0.1) is 5.92 Å².